The Labute approximate surface area is 137 Å². The molecule has 0 aliphatic rings. The molecule has 2 N–H and O–H groups in total. The van der Waals surface area contributed by atoms with Crippen molar-refractivity contribution in [2.24, 2.45) is 0 Å². The summed E-state index contributed by atoms with van der Waals surface area (Å²) in [6.45, 7) is 0. The lowest BCUT2D eigenvalue weighted by molar-refractivity contribution is 0.402. The number of sulfone groups is 1. The van der Waals surface area contributed by atoms with Crippen molar-refractivity contribution in [2.75, 3.05) is 19.1 Å². The second kappa shape index (κ2) is 5.89. The molecule has 0 atom stereocenters. The molecule has 0 amide bonds. The average molecular weight is 347 g/mol. The van der Waals surface area contributed by atoms with Crippen molar-refractivity contribution < 1.29 is 17.7 Å². The molecule has 0 unspecified atom stereocenters. The van der Waals surface area contributed by atoms with Crippen LogP contribution in [0.4, 0.5) is 5.82 Å². The number of nitrogens with two attached hydrogens (primary N) is 1. The van der Waals surface area contributed by atoms with Crippen LogP contribution in [-0.4, -0.2) is 41.9 Å². The van der Waals surface area contributed by atoms with E-state index in [0.29, 0.717) is 11.3 Å². The van der Waals surface area contributed by atoms with Gasteiger partial charge in [-0.05, 0) is 18.2 Å². The van der Waals surface area contributed by atoms with E-state index in [0.717, 1.165) is 6.26 Å². The van der Waals surface area contributed by atoms with Crippen LogP contribution in [0.2, 0.25) is 0 Å². The van der Waals surface area contributed by atoms with Gasteiger partial charge in [0.05, 0.1) is 7.11 Å². The summed E-state index contributed by atoms with van der Waals surface area (Å²) in [7, 11) is -2.08. The summed E-state index contributed by atoms with van der Waals surface area (Å²) in [5.41, 5.74) is 6.43. The number of aromatic nitrogens is 4. The molecule has 10 heteroatoms. The minimum atomic E-state index is -3.48. The van der Waals surface area contributed by atoms with Crippen LogP contribution in [0.1, 0.15) is 0 Å². The van der Waals surface area contributed by atoms with Gasteiger partial charge in [-0.15, -0.1) is 0 Å². The summed E-state index contributed by atoms with van der Waals surface area (Å²) in [6.07, 6.45) is 2.38. The van der Waals surface area contributed by atoms with E-state index in [1.54, 1.807) is 6.07 Å². The normalized spacial score (nSPS) is 11.4. The van der Waals surface area contributed by atoms with Gasteiger partial charge in [0.25, 0.3) is 5.89 Å². The van der Waals surface area contributed by atoms with Crippen molar-refractivity contribution in [1.82, 2.24) is 20.1 Å². The molecule has 0 spiro atoms. The van der Waals surface area contributed by atoms with Gasteiger partial charge in [0.2, 0.25) is 5.82 Å². The van der Waals surface area contributed by atoms with Gasteiger partial charge in [-0.3, -0.25) is 0 Å². The van der Waals surface area contributed by atoms with E-state index in [4.69, 9.17) is 15.0 Å². The zero-order valence-corrected chi connectivity index (χ0v) is 13.6. The van der Waals surface area contributed by atoms with Gasteiger partial charge in [-0.25, -0.2) is 18.4 Å². The highest BCUT2D eigenvalue weighted by molar-refractivity contribution is 7.90. The summed E-state index contributed by atoms with van der Waals surface area (Å²) in [6, 6.07) is 6.07. The Hall–Kier alpha value is -3.01. The van der Waals surface area contributed by atoms with E-state index in [-0.39, 0.29) is 28.2 Å². The standard InChI is InChI=1S/C14H13N5O4S/c1-22-10-4-3-8(5-11(10)24(2,20)21)14-18-13(19-23-14)9-6-12(15)17-7-16-9/h3-7H,1-2H3,(H2,15,16,17). The molecule has 2 aromatic heterocycles. The highest BCUT2D eigenvalue weighted by atomic mass is 32.2. The molecular formula is C14H13N5O4S. The zero-order chi connectivity index (χ0) is 17.3. The van der Waals surface area contributed by atoms with Crippen molar-refractivity contribution in [3.05, 3.63) is 30.6 Å². The van der Waals surface area contributed by atoms with Crippen molar-refractivity contribution in [3.8, 4) is 28.7 Å². The Kier molecular flexibility index (Phi) is 3.89. The first-order valence-corrected chi connectivity index (χ1v) is 8.57. The predicted octanol–water partition coefficient (Wildman–Crippen LogP) is 1.19. The van der Waals surface area contributed by atoms with Gasteiger partial charge in [-0.2, -0.15) is 4.98 Å². The van der Waals surface area contributed by atoms with Gasteiger partial charge in [0.1, 0.15) is 28.5 Å². The monoisotopic (exact) mass is 347 g/mol. The molecule has 0 saturated heterocycles. The lowest BCUT2D eigenvalue weighted by Crippen LogP contribution is -2.01. The first kappa shape index (κ1) is 15.9. The Morgan fingerprint density at radius 2 is 2.00 bits per heavy atom. The average Bonchev–Trinajstić information content (AvgIpc) is 3.03. The molecule has 0 saturated carbocycles. The first-order chi connectivity index (χ1) is 11.4. The molecular weight excluding hydrogens is 334 g/mol. The molecule has 24 heavy (non-hydrogen) atoms. The number of benzene rings is 1. The maximum absolute atomic E-state index is 11.9. The maximum atomic E-state index is 11.9. The highest BCUT2D eigenvalue weighted by Crippen LogP contribution is 2.30. The van der Waals surface area contributed by atoms with Crippen LogP contribution in [0.25, 0.3) is 23.0 Å². The molecule has 0 aliphatic heterocycles. The topological polar surface area (TPSA) is 134 Å². The number of hydrogen-bond donors (Lipinski definition) is 1. The summed E-state index contributed by atoms with van der Waals surface area (Å²) in [5.74, 6) is 0.880. The second-order valence-corrected chi connectivity index (χ2v) is 6.87. The van der Waals surface area contributed by atoms with Crippen LogP contribution in [0, 0.1) is 0 Å². The number of methoxy groups -OCH3 is 1. The summed E-state index contributed by atoms with van der Waals surface area (Å²) in [5, 5.41) is 3.83. The second-order valence-electron chi connectivity index (χ2n) is 4.89. The van der Waals surface area contributed by atoms with E-state index in [1.807, 2.05) is 0 Å². The van der Waals surface area contributed by atoms with E-state index in [9.17, 15) is 8.42 Å². The lowest BCUT2D eigenvalue weighted by Gasteiger charge is -2.07. The fourth-order valence-corrected chi connectivity index (χ4v) is 2.90. The smallest absolute Gasteiger partial charge is 0.258 e. The molecule has 0 radical (unpaired) electrons. The quantitative estimate of drug-likeness (QED) is 0.738. The van der Waals surface area contributed by atoms with Gasteiger partial charge in [0.15, 0.2) is 9.84 Å². The largest absolute Gasteiger partial charge is 0.495 e. The fourth-order valence-electron chi connectivity index (χ4n) is 2.04. The molecule has 3 rings (SSSR count). The zero-order valence-electron chi connectivity index (χ0n) is 12.8. The fraction of sp³-hybridized carbons (Fsp3) is 0.143. The van der Waals surface area contributed by atoms with Crippen molar-refractivity contribution in [2.45, 2.75) is 4.90 Å². The van der Waals surface area contributed by atoms with E-state index < -0.39 is 9.84 Å². The molecule has 0 bridgehead atoms. The summed E-state index contributed by atoms with van der Waals surface area (Å²) >= 11 is 0. The third kappa shape index (κ3) is 3.04. The number of ether oxygens (including phenoxy) is 1. The highest BCUT2D eigenvalue weighted by Gasteiger charge is 2.18. The van der Waals surface area contributed by atoms with Crippen LogP contribution in [0.5, 0.6) is 5.75 Å². The first-order valence-electron chi connectivity index (χ1n) is 6.68. The molecule has 2 heterocycles. The van der Waals surface area contributed by atoms with Crippen LogP contribution in [0.15, 0.2) is 40.0 Å². The minimum Gasteiger partial charge on any atom is -0.495 e. The molecule has 0 fully saturated rings. The van der Waals surface area contributed by atoms with Crippen molar-refractivity contribution in [1.29, 1.82) is 0 Å². The SMILES string of the molecule is COc1ccc(-c2nc(-c3cc(N)ncn3)no2)cc1S(C)(=O)=O. The Balaban J connectivity index is 2.05. The Morgan fingerprint density at radius 1 is 1.21 bits per heavy atom. The van der Waals surface area contributed by atoms with E-state index in [2.05, 4.69) is 20.1 Å². The van der Waals surface area contributed by atoms with Crippen molar-refractivity contribution >= 4 is 15.7 Å². The summed E-state index contributed by atoms with van der Waals surface area (Å²) < 4.78 is 34.0. The minimum absolute atomic E-state index is 0.0357. The molecule has 3 aromatic rings. The lowest BCUT2D eigenvalue weighted by atomic mass is 10.2. The number of nitrogens with zero attached hydrogens (tertiary/aromatic N) is 4. The van der Waals surface area contributed by atoms with Gasteiger partial charge in [-0.1, -0.05) is 5.16 Å². The van der Waals surface area contributed by atoms with Crippen LogP contribution in [-0.2, 0) is 9.84 Å². The maximum Gasteiger partial charge on any atom is 0.258 e. The van der Waals surface area contributed by atoms with Crippen LogP contribution < -0.4 is 10.5 Å². The molecule has 124 valence electrons. The predicted molar refractivity (Wildman–Crippen MR) is 84.8 cm³/mol. The van der Waals surface area contributed by atoms with Gasteiger partial charge in [0, 0.05) is 17.9 Å². The Bertz CT molecular complexity index is 1000. The van der Waals surface area contributed by atoms with Gasteiger partial charge >= 0.3 is 0 Å². The molecule has 1 aromatic carbocycles. The van der Waals surface area contributed by atoms with E-state index >= 15 is 0 Å². The number of hydrogen-bond acceptors (Lipinski definition) is 9. The third-order valence-corrected chi connectivity index (χ3v) is 4.27. The molecule has 0 aliphatic carbocycles. The molecule has 9 nitrogen and oxygen atoms in total. The number of anilines is 1. The van der Waals surface area contributed by atoms with Gasteiger partial charge < -0.3 is 15.0 Å². The number of rotatable bonds is 4. The van der Waals surface area contributed by atoms with Crippen molar-refractivity contribution in [3.63, 3.8) is 0 Å². The van der Waals surface area contributed by atoms with Crippen LogP contribution in [0.3, 0.4) is 0 Å². The summed E-state index contributed by atoms with van der Waals surface area (Å²) in [4.78, 5) is 12.0. The number of nitrogen functional groups attached to an aromatic ring is 1. The third-order valence-electron chi connectivity index (χ3n) is 3.15. The van der Waals surface area contributed by atoms with Crippen LogP contribution >= 0.6 is 0 Å². The van der Waals surface area contributed by atoms with E-state index in [1.165, 1.54) is 31.6 Å². The Morgan fingerprint density at radius 3 is 2.67 bits per heavy atom.